The number of hydrogen-bond donors (Lipinski definition) is 1. The van der Waals surface area contributed by atoms with E-state index in [0.29, 0.717) is 19.5 Å². The van der Waals surface area contributed by atoms with E-state index in [9.17, 15) is 8.78 Å². The van der Waals surface area contributed by atoms with Crippen LogP contribution in [-0.2, 0) is 0 Å². The monoisotopic (exact) mass is 215 g/mol. The molecule has 0 radical (unpaired) electrons. The molecule has 1 heterocycles. The first-order chi connectivity index (χ1) is 5.64. The van der Waals surface area contributed by atoms with Crippen molar-refractivity contribution >= 4 is 12.4 Å². The maximum absolute atomic E-state index is 12.6. The van der Waals surface area contributed by atoms with Crippen molar-refractivity contribution < 1.29 is 13.9 Å². The van der Waals surface area contributed by atoms with Gasteiger partial charge in [0.25, 0.3) is 5.92 Å². The SMILES string of the molecule is Cl.OCCCN1CCC(F)(F)CC1. The average Bonchev–Trinajstić information content (AvgIpc) is 2.03. The molecule has 0 atom stereocenters. The number of hydrogen-bond acceptors (Lipinski definition) is 2. The molecule has 0 saturated carbocycles. The van der Waals surface area contributed by atoms with E-state index in [4.69, 9.17) is 5.11 Å². The molecule has 5 heteroatoms. The van der Waals surface area contributed by atoms with E-state index in [1.807, 2.05) is 4.90 Å². The Bertz CT molecular complexity index is 136. The predicted molar refractivity (Wildman–Crippen MR) is 49.6 cm³/mol. The van der Waals surface area contributed by atoms with Gasteiger partial charge in [0, 0.05) is 39.1 Å². The van der Waals surface area contributed by atoms with Crippen LogP contribution in [0.1, 0.15) is 19.3 Å². The van der Waals surface area contributed by atoms with Crippen LogP contribution in [0.3, 0.4) is 0 Å². The van der Waals surface area contributed by atoms with Crippen molar-refractivity contribution in [2.24, 2.45) is 0 Å². The molecular weight excluding hydrogens is 200 g/mol. The number of aliphatic hydroxyl groups excluding tert-OH is 1. The van der Waals surface area contributed by atoms with E-state index in [1.165, 1.54) is 0 Å². The van der Waals surface area contributed by atoms with Gasteiger partial charge in [0.05, 0.1) is 0 Å². The highest BCUT2D eigenvalue weighted by atomic mass is 35.5. The largest absolute Gasteiger partial charge is 0.396 e. The molecule has 0 aromatic heterocycles. The number of nitrogens with zero attached hydrogens (tertiary/aromatic N) is 1. The summed E-state index contributed by atoms with van der Waals surface area (Å²) in [6, 6.07) is 0. The van der Waals surface area contributed by atoms with Crippen molar-refractivity contribution in [3.8, 4) is 0 Å². The Morgan fingerprint density at radius 2 is 1.77 bits per heavy atom. The number of likely N-dealkylation sites (tertiary alicyclic amines) is 1. The van der Waals surface area contributed by atoms with Gasteiger partial charge in [-0.1, -0.05) is 0 Å². The fourth-order valence-electron chi connectivity index (χ4n) is 1.40. The van der Waals surface area contributed by atoms with Crippen molar-refractivity contribution in [2.45, 2.75) is 25.2 Å². The van der Waals surface area contributed by atoms with Crippen molar-refractivity contribution in [1.29, 1.82) is 0 Å². The molecule has 0 unspecified atom stereocenters. The van der Waals surface area contributed by atoms with Gasteiger partial charge < -0.3 is 10.0 Å². The Hall–Kier alpha value is 0.0700. The van der Waals surface area contributed by atoms with Crippen LogP contribution in [0.25, 0.3) is 0 Å². The van der Waals surface area contributed by atoms with Gasteiger partial charge in [-0.2, -0.15) is 0 Å². The Morgan fingerprint density at radius 1 is 1.23 bits per heavy atom. The summed E-state index contributed by atoms with van der Waals surface area (Å²) < 4.78 is 25.2. The van der Waals surface area contributed by atoms with Crippen LogP contribution in [0, 0.1) is 0 Å². The minimum Gasteiger partial charge on any atom is -0.396 e. The highest BCUT2D eigenvalue weighted by Gasteiger charge is 2.33. The van der Waals surface area contributed by atoms with Gasteiger partial charge >= 0.3 is 0 Å². The standard InChI is InChI=1S/C8H15F2NO.ClH/c9-8(10)2-5-11(6-3-8)4-1-7-12;/h12H,1-7H2;1H. The summed E-state index contributed by atoms with van der Waals surface area (Å²) in [5, 5.41) is 8.52. The molecular formula is C8H16ClF2NO. The molecule has 1 aliphatic rings. The molecule has 1 saturated heterocycles. The lowest BCUT2D eigenvalue weighted by atomic mass is 10.1. The highest BCUT2D eigenvalue weighted by molar-refractivity contribution is 5.85. The van der Waals surface area contributed by atoms with E-state index in [1.54, 1.807) is 0 Å². The van der Waals surface area contributed by atoms with Gasteiger partial charge in [0.1, 0.15) is 0 Å². The number of rotatable bonds is 3. The summed E-state index contributed by atoms with van der Waals surface area (Å²) in [5.41, 5.74) is 0. The van der Waals surface area contributed by atoms with Crippen molar-refractivity contribution in [3.05, 3.63) is 0 Å². The summed E-state index contributed by atoms with van der Waals surface area (Å²) in [4.78, 5) is 1.98. The zero-order chi connectivity index (χ0) is 9.03. The van der Waals surface area contributed by atoms with Gasteiger partial charge in [-0.25, -0.2) is 8.78 Å². The fraction of sp³-hybridized carbons (Fsp3) is 1.00. The highest BCUT2D eigenvalue weighted by Crippen LogP contribution is 2.27. The minimum atomic E-state index is -2.45. The predicted octanol–water partition coefficient (Wildman–Crippen LogP) is 1.52. The molecule has 0 spiro atoms. The van der Waals surface area contributed by atoms with Crippen LogP contribution < -0.4 is 0 Å². The topological polar surface area (TPSA) is 23.5 Å². The Labute approximate surface area is 83.3 Å². The summed E-state index contributed by atoms with van der Waals surface area (Å²) in [5.74, 6) is -2.45. The van der Waals surface area contributed by atoms with Crippen LogP contribution in [0.2, 0.25) is 0 Å². The maximum atomic E-state index is 12.6. The van der Waals surface area contributed by atoms with Crippen LogP contribution in [-0.4, -0.2) is 42.2 Å². The number of piperidine rings is 1. The average molecular weight is 216 g/mol. The first-order valence-electron chi connectivity index (χ1n) is 4.35. The van der Waals surface area contributed by atoms with Gasteiger partial charge in [0.2, 0.25) is 0 Å². The molecule has 2 nitrogen and oxygen atoms in total. The first kappa shape index (κ1) is 13.1. The normalized spacial score (nSPS) is 22.4. The smallest absolute Gasteiger partial charge is 0.250 e. The summed E-state index contributed by atoms with van der Waals surface area (Å²) in [6.45, 7) is 1.82. The van der Waals surface area contributed by atoms with Crippen LogP contribution >= 0.6 is 12.4 Å². The van der Waals surface area contributed by atoms with Gasteiger partial charge in [0.15, 0.2) is 0 Å². The van der Waals surface area contributed by atoms with Crippen molar-refractivity contribution in [3.63, 3.8) is 0 Å². The van der Waals surface area contributed by atoms with Crippen molar-refractivity contribution in [2.75, 3.05) is 26.2 Å². The number of halogens is 3. The Kier molecular flexibility index (Phi) is 5.76. The van der Waals surface area contributed by atoms with E-state index in [2.05, 4.69) is 0 Å². The van der Waals surface area contributed by atoms with E-state index in [-0.39, 0.29) is 31.9 Å². The fourth-order valence-corrected chi connectivity index (χ4v) is 1.40. The lowest BCUT2D eigenvalue weighted by Gasteiger charge is -2.31. The zero-order valence-corrected chi connectivity index (χ0v) is 8.32. The molecule has 0 bridgehead atoms. The molecule has 1 rings (SSSR count). The molecule has 0 aromatic rings. The molecule has 1 fully saturated rings. The molecule has 0 amide bonds. The lowest BCUT2D eigenvalue weighted by Crippen LogP contribution is -2.39. The third kappa shape index (κ3) is 4.74. The third-order valence-electron chi connectivity index (χ3n) is 2.22. The maximum Gasteiger partial charge on any atom is 0.250 e. The van der Waals surface area contributed by atoms with Crippen LogP contribution in [0.15, 0.2) is 0 Å². The Balaban J connectivity index is 0.00000144. The van der Waals surface area contributed by atoms with Crippen LogP contribution in [0.5, 0.6) is 0 Å². The van der Waals surface area contributed by atoms with Gasteiger partial charge in [-0.15, -0.1) is 12.4 Å². The second-order valence-electron chi connectivity index (χ2n) is 3.27. The molecule has 0 aromatic carbocycles. The molecule has 80 valence electrons. The van der Waals surface area contributed by atoms with Gasteiger partial charge in [-0.3, -0.25) is 0 Å². The molecule has 1 aliphatic heterocycles. The number of aliphatic hydroxyl groups is 1. The molecule has 1 N–H and O–H groups in total. The molecule has 0 aliphatic carbocycles. The second kappa shape index (κ2) is 5.73. The summed E-state index contributed by atoms with van der Waals surface area (Å²) >= 11 is 0. The van der Waals surface area contributed by atoms with Crippen molar-refractivity contribution in [1.82, 2.24) is 4.90 Å². The van der Waals surface area contributed by atoms with E-state index in [0.717, 1.165) is 6.54 Å². The summed E-state index contributed by atoms with van der Waals surface area (Å²) in [6.07, 6.45) is 0.627. The number of alkyl halides is 2. The van der Waals surface area contributed by atoms with Crippen LogP contribution in [0.4, 0.5) is 8.78 Å². The third-order valence-corrected chi connectivity index (χ3v) is 2.22. The first-order valence-corrected chi connectivity index (χ1v) is 4.35. The Morgan fingerprint density at radius 3 is 2.23 bits per heavy atom. The van der Waals surface area contributed by atoms with E-state index < -0.39 is 5.92 Å². The molecule has 13 heavy (non-hydrogen) atoms. The minimum absolute atomic E-state index is 0. The van der Waals surface area contributed by atoms with Gasteiger partial charge in [-0.05, 0) is 6.42 Å². The quantitative estimate of drug-likeness (QED) is 0.772. The lowest BCUT2D eigenvalue weighted by molar-refractivity contribution is -0.0555. The summed E-state index contributed by atoms with van der Waals surface area (Å²) in [7, 11) is 0. The zero-order valence-electron chi connectivity index (χ0n) is 7.51. The second-order valence-corrected chi connectivity index (χ2v) is 3.27. The van der Waals surface area contributed by atoms with E-state index >= 15 is 0 Å².